The molecule has 0 bridgehead atoms. The highest BCUT2D eigenvalue weighted by atomic mass is 79.9. The molecule has 1 aromatic rings. The van der Waals surface area contributed by atoms with Crippen molar-refractivity contribution < 1.29 is 9.59 Å². The Labute approximate surface area is 121 Å². The molecule has 0 aromatic heterocycles. The highest BCUT2D eigenvalue weighted by molar-refractivity contribution is 9.10. The molecule has 1 saturated heterocycles. The minimum atomic E-state index is -0.484. The van der Waals surface area contributed by atoms with Crippen molar-refractivity contribution in [3.05, 3.63) is 28.2 Å². The second kappa shape index (κ2) is 5.33. The highest BCUT2D eigenvalue weighted by Crippen LogP contribution is 2.31. The van der Waals surface area contributed by atoms with E-state index in [2.05, 4.69) is 21.2 Å². The first-order chi connectivity index (χ1) is 8.95. The first kappa shape index (κ1) is 14.1. The van der Waals surface area contributed by atoms with E-state index in [4.69, 9.17) is 0 Å². The number of amides is 2. The summed E-state index contributed by atoms with van der Waals surface area (Å²) in [4.78, 5) is 26.0. The van der Waals surface area contributed by atoms with Crippen molar-refractivity contribution in [3.8, 4) is 0 Å². The number of aryl methyl sites for hydroxylation is 1. The number of piperazine rings is 1. The minimum Gasteiger partial charge on any atom is -0.343 e. The van der Waals surface area contributed by atoms with Crippen LogP contribution in [0.25, 0.3) is 0 Å². The summed E-state index contributed by atoms with van der Waals surface area (Å²) >= 11 is 3.46. The number of nitrogens with zero attached hydrogens (tertiary/aromatic N) is 1. The van der Waals surface area contributed by atoms with E-state index in [1.54, 1.807) is 11.8 Å². The van der Waals surface area contributed by atoms with Crippen LogP contribution in [0.2, 0.25) is 0 Å². The van der Waals surface area contributed by atoms with Gasteiger partial charge < -0.3 is 5.32 Å². The molecule has 0 saturated carbocycles. The fraction of sp³-hybridized carbons (Fsp3) is 0.429. The van der Waals surface area contributed by atoms with Crippen LogP contribution in [0.1, 0.15) is 25.8 Å². The Kier molecular flexibility index (Phi) is 3.94. The summed E-state index contributed by atoms with van der Waals surface area (Å²) in [6.07, 6.45) is 0.588. The third kappa shape index (κ3) is 2.52. The molecular formula is C14H17BrN2O2. The van der Waals surface area contributed by atoms with Crippen LogP contribution in [-0.4, -0.2) is 23.9 Å². The van der Waals surface area contributed by atoms with E-state index < -0.39 is 12.1 Å². The quantitative estimate of drug-likeness (QED) is 0.908. The van der Waals surface area contributed by atoms with Gasteiger partial charge in [0.1, 0.15) is 12.1 Å². The van der Waals surface area contributed by atoms with E-state index in [0.717, 1.165) is 15.7 Å². The number of halogens is 1. The summed E-state index contributed by atoms with van der Waals surface area (Å²) in [7, 11) is 0. The lowest BCUT2D eigenvalue weighted by Crippen LogP contribution is -2.62. The lowest BCUT2D eigenvalue weighted by molar-refractivity contribution is -0.133. The van der Waals surface area contributed by atoms with Crippen molar-refractivity contribution in [2.75, 3.05) is 4.90 Å². The second-order valence-electron chi connectivity index (χ2n) is 4.82. The van der Waals surface area contributed by atoms with Gasteiger partial charge in [0.2, 0.25) is 11.8 Å². The zero-order valence-electron chi connectivity index (χ0n) is 11.2. The maximum absolute atomic E-state index is 12.4. The molecule has 2 amide bonds. The Hall–Kier alpha value is -1.36. The van der Waals surface area contributed by atoms with Crippen LogP contribution >= 0.6 is 15.9 Å². The minimum absolute atomic E-state index is 0.0715. The van der Waals surface area contributed by atoms with E-state index in [9.17, 15) is 9.59 Å². The fourth-order valence-corrected chi connectivity index (χ4v) is 2.75. The average Bonchev–Trinajstić information content (AvgIpc) is 2.36. The van der Waals surface area contributed by atoms with Crippen LogP contribution in [0, 0.1) is 6.92 Å². The highest BCUT2D eigenvalue weighted by Gasteiger charge is 2.39. The Balaban J connectivity index is 2.51. The molecule has 2 atom stereocenters. The molecule has 2 unspecified atom stereocenters. The lowest BCUT2D eigenvalue weighted by Gasteiger charge is -2.38. The van der Waals surface area contributed by atoms with Crippen LogP contribution in [0.5, 0.6) is 0 Å². The van der Waals surface area contributed by atoms with Gasteiger partial charge in [0.15, 0.2) is 0 Å². The van der Waals surface area contributed by atoms with Crippen molar-refractivity contribution in [1.82, 2.24) is 5.32 Å². The third-order valence-corrected chi connectivity index (χ3v) is 4.00. The van der Waals surface area contributed by atoms with Crippen molar-refractivity contribution in [3.63, 3.8) is 0 Å². The summed E-state index contributed by atoms with van der Waals surface area (Å²) < 4.78 is 0.826. The van der Waals surface area contributed by atoms with Gasteiger partial charge in [-0.15, -0.1) is 0 Å². The Morgan fingerprint density at radius 1 is 1.37 bits per heavy atom. The Morgan fingerprint density at radius 3 is 2.68 bits per heavy atom. The van der Waals surface area contributed by atoms with Crippen LogP contribution < -0.4 is 10.2 Å². The van der Waals surface area contributed by atoms with Crippen LogP contribution in [0.15, 0.2) is 22.7 Å². The normalized spacial score (nSPS) is 23.5. The summed E-state index contributed by atoms with van der Waals surface area (Å²) in [5.74, 6) is -0.166. The second-order valence-corrected chi connectivity index (χ2v) is 5.67. The lowest BCUT2D eigenvalue weighted by atomic mass is 10.0. The molecule has 1 heterocycles. The molecule has 5 heteroatoms. The van der Waals surface area contributed by atoms with Gasteiger partial charge in [-0.2, -0.15) is 0 Å². The molecule has 19 heavy (non-hydrogen) atoms. The zero-order chi connectivity index (χ0) is 14.2. The fourth-order valence-electron chi connectivity index (χ4n) is 2.31. The van der Waals surface area contributed by atoms with Gasteiger partial charge in [-0.3, -0.25) is 14.5 Å². The monoisotopic (exact) mass is 324 g/mol. The number of nitrogens with one attached hydrogen (secondary N) is 1. The topological polar surface area (TPSA) is 49.4 Å². The molecule has 1 fully saturated rings. The number of anilines is 1. The van der Waals surface area contributed by atoms with Gasteiger partial charge in [-0.05, 0) is 53.9 Å². The predicted octanol–water partition coefficient (Wildman–Crippen LogP) is 2.39. The first-order valence-electron chi connectivity index (χ1n) is 6.35. The van der Waals surface area contributed by atoms with E-state index in [1.807, 2.05) is 32.0 Å². The van der Waals surface area contributed by atoms with Crippen molar-refractivity contribution >= 4 is 33.4 Å². The van der Waals surface area contributed by atoms with E-state index >= 15 is 0 Å². The molecular weight excluding hydrogens is 308 g/mol. The van der Waals surface area contributed by atoms with Crippen LogP contribution in [-0.2, 0) is 9.59 Å². The van der Waals surface area contributed by atoms with Crippen molar-refractivity contribution in [2.45, 2.75) is 39.3 Å². The molecule has 0 radical (unpaired) electrons. The van der Waals surface area contributed by atoms with Gasteiger partial charge in [-0.25, -0.2) is 0 Å². The number of carbonyl (C=O) groups is 2. The summed E-state index contributed by atoms with van der Waals surface area (Å²) in [6, 6.07) is 4.87. The largest absolute Gasteiger partial charge is 0.343 e. The van der Waals surface area contributed by atoms with Crippen molar-refractivity contribution in [1.29, 1.82) is 0 Å². The smallest absolute Gasteiger partial charge is 0.250 e. The number of hydrogen-bond donors (Lipinski definition) is 1. The van der Waals surface area contributed by atoms with Gasteiger partial charge >= 0.3 is 0 Å². The van der Waals surface area contributed by atoms with Gasteiger partial charge in [-0.1, -0.05) is 13.0 Å². The van der Waals surface area contributed by atoms with E-state index in [1.165, 1.54) is 0 Å². The maximum atomic E-state index is 12.4. The number of benzene rings is 1. The standard InChI is InChI=1S/C14H17BrN2O2/c1-4-11-13(18)16-9(3)14(19)17(11)12-7-8(2)5-6-10(12)15/h5-7,9,11H,4H2,1-3H3,(H,16,18). The SMILES string of the molecule is CCC1C(=O)NC(C)C(=O)N1c1cc(C)ccc1Br. The Morgan fingerprint density at radius 2 is 2.05 bits per heavy atom. The number of rotatable bonds is 2. The molecule has 1 aliphatic heterocycles. The molecule has 1 aromatic carbocycles. The zero-order valence-corrected chi connectivity index (χ0v) is 12.8. The van der Waals surface area contributed by atoms with Crippen LogP contribution in [0.4, 0.5) is 5.69 Å². The first-order valence-corrected chi connectivity index (χ1v) is 7.14. The van der Waals surface area contributed by atoms with Crippen molar-refractivity contribution in [2.24, 2.45) is 0 Å². The average molecular weight is 325 g/mol. The van der Waals surface area contributed by atoms with Gasteiger partial charge in [0, 0.05) is 4.47 Å². The summed E-state index contributed by atoms with van der Waals surface area (Å²) in [5.41, 5.74) is 1.82. The molecule has 1 aliphatic rings. The van der Waals surface area contributed by atoms with Gasteiger partial charge in [0.25, 0.3) is 0 Å². The predicted molar refractivity (Wildman–Crippen MR) is 78.0 cm³/mol. The summed E-state index contributed by atoms with van der Waals surface area (Å²) in [5, 5.41) is 2.72. The maximum Gasteiger partial charge on any atom is 0.250 e. The molecule has 0 spiro atoms. The third-order valence-electron chi connectivity index (χ3n) is 3.33. The summed E-state index contributed by atoms with van der Waals surface area (Å²) in [6.45, 7) is 5.59. The molecule has 102 valence electrons. The molecule has 2 rings (SSSR count). The molecule has 1 N–H and O–H groups in total. The molecule has 0 aliphatic carbocycles. The number of hydrogen-bond acceptors (Lipinski definition) is 2. The molecule has 4 nitrogen and oxygen atoms in total. The Bertz CT molecular complexity index is 530. The van der Waals surface area contributed by atoms with Crippen LogP contribution in [0.3, 0.4) is 0 Å². The van der Waals surface area contributed by atoms with E-state index in [-0.39, 0.29) is 11.8 Å². The van der Waals surface area contributed by atoms with Gasteiger partial charge in [0.05, 0.1) is 5.69 Å². The number of carbonyl (C=O) groups excluding carboxylic acids is 2. The van der Waals surface area contributed by atoms with E-state index in [0.29, 0.717) is 6.42 Å².